The summed E-state index contributed by atoms with van der Waals surface area (Å²) in [7, 11) is 0. The van der Waals surface area contributed by atoms with Gasteiger partial charge in [0.25, 0.3) is 0 Å². The molecule has 0 spiro atoms. The average Bonchev–Trinajstić information content (AvgIpc) is 2.66. The van der Waals surface area contributed by atoms with Crippen molar-refractivity contribution >= 4 is 17.1 Å². The fourth-order valence-electron chi connectivity index (χ4n) is 1.56. The Hall–Kier alpha value is -0.740. The van der Waals surface area contributed by atoms with Gasteiger partial charge in [0.15, 0.2) is 0 Å². The number of carbonyl (C=O) groups excluding carboxylic acids is 1. The van der Waals surface area contributed by atoms with Gasteiger partial charge in [0, 0.05) is 24.0 Å². The number of hydrogen-bond acceptors (Lipinski definition) is 4. The molecule has 15 heavy (non-hydrogen) atoms. The van der Waals surface area contributed by atoms with Crippen molar-refractivity contribution in [2.24, 2.45) is 17.6 Å². The highest BCUT2D eigenvalue weighted by Crippen LogP contribution is 2.15. The number of Topliss-reactive ketones (excluding diaryl/α,β-unsaturated/α-hetero) is 1. The molecule has 1 heterocycles. The number of ketones is 1. The number of nitrogens with two attached hydrogens (primary N) is 1. The zero-order valence-electron chi connectivity index (χ0n) is 9.27. The maximum atomic E-state index is 11.9. The van der Waals surface area contributed by atoms with Crippen LogP contribution in [-0.4, -0.2) is 17.3 Å². The summed E-state index contributed by atoms with van der Waals surface area (Å²) in [6, 6.07) is 0. The number of hydrogen-bond donors (Lipinski definition) is 1. The highest BCUT2D eigenvalue weighted by atomic mass is 32.1. The number of carbonyl (C=O) groups is 1. The van der Waals surface area contributed by atoms with Crippen LogP contribution < -0.4 is 5.73 Å². The molecule has 0 aliphatic carbocycles. The Balaban J connectivity index is 2.50. The van der Waals surface area contributed by atoms with E-state index in [2.05, 4.69) is 18.8 Å². The van der Waals surface area contributed by atoms with Crippen LogP contribution in [0.25, 0.3) is 0 Å². The van der Waals surface area contributed by atoms with Gasteiger partial charge >= 0.3 is 0 Å². The molecule has 0 saturated heterocycles. The molecule has 0 fully saturated rings. The number of nitrogens with zero attached hydrogens (tertiary/aromatic N) is 1. The van der Waals surface area contributed by atoms with Crippen molar-refractivity contribution in [3.63, 3.8) is 0 Å². The lowest BCUT2D eigenvalue weighted by Gasteiger charge is -2.14. The van der Waals surface area contributed by atoms with Crippen LogP contribution in [0.5, 0.6) is 0 Å². The summed E-state index contributed by atoms with van der Waals surface area (Å²) in [4.78, 5) is 16.0. The van der Waals surface area contributed by atoms with Crippen LogP contribution in [0.3, 0.4) is 0 Å². The molecule has 2 N–H and O–H groups in total. The molecule has 0 bridgehead atoms. The van der Waals surface area contributed by atoms with E-state index in [-0.39, 0.29) is 11.7 Å². The fourth-order valence-corrected chi connectivity index (χ4v) is 2.19. The van der Waals surface area contributed by atoms with Gasteiger partial charge in [-0.1, -0.05) is 13.8 Å². The third-order valence-electron chi connectivity index (χ3n) is 2.30. The number of rotatable bonds is 6. The Morgan fingerprint density at radius 1 is 1.60 bits per heavy atom. The van der Waals surface area contributed by atoms with E-state index in [9.17, 15) is 4.79 Å². The summed E-state index contributed by atoms with van der Waals surface area (Å²) >= 11 is 1.53. The zero-order valence-corrected chi connectivity index (χ0v) is 10.1. The molecule has 0 saturated carbocycles. The molecule has 0 radical (unpaired) electrons. The molecule has 1 aromatic heterocycles. The molecular weight excluding hydrogens is 208 g/mol. The van der Waals surface area contributed by atoms with Crippen LogP contribution in [0, 0.1) is 11.8 Å². The van der Waals surface area contributed by atoms with Crippen LogP contribution in [0.1, 0.15) is 25.3 Å². The molecule has 1 atom stereocenters. The monoisotopic (exact) mass is 226 g/mol. The molecule has 4 heteroatoms. The van der Waals surface area contributed by atoms with Crippen LogP contribution in [0.4, 0.5) is 0 Å². The molecule has 0 amide bonds. The second-order valence-corrected chi connectivity index (χ2v) is 5.11. The molecule has 0 aliphatic rings. The Kier molecular flexibility index (Phi) is 4.91. The first-order chi connectivity index (χ1) is 7.13. The minimum Gasteiger partial charge on any atom is -0.330 e. The molecule has 1 aromatic rings. The van der Waals surface area contributed by atoms with Crippen molar-refractivity contribution in [2.75, 3.05) is 6.54 Å². The van der Waals surface area contributed by atoms with Gasteiger partial charge < -0.3 is 5.73 Å². The van der Waals surface area contributed by atoms with E-state index in [0.29, 0.717) is 18.9 Å². The first-order valence-electron chi connectivity index (χ1n) is 5.24. The van der Waals surface area contributed by atoms with Crippen molar-refractivity contribution in [1.82, 2.24) is 4.98 Å². The topological polar surface area (TPSA) is 56.0 Å². The molecule has 3 nitrogen and oxygen atoms in total. The second-order valence-electron chi connectivity index (χ2n) is 4.13. The summed E-state index contributed by atoms with van der Waals surface area (Å²) in [5, 5.41) is 2.78. The fraction of sp³-hybridized carbons (Fsp3) is 0.636. The number of thiazole rings is 1. The molecule has 0 aliphatic heterocycles. The molecule has 1 rings (SSSR count). The Labute approximate surface area is 94.7 Å². The summed E-state index contributed by atoms with van der Waals surface area (Å²) < 4.78 is 0. The van der Waals surface area contributed by atoms with Crippen molar-refractivity contribution in [3.8, 4) is 0 Å². The first kappa shape index (κ1) is 12.3. The normalized spacial score (nSPS) is 13.1. The summed E-state index contributed by atoms with van der Waals surface area (Å²) in [5.41, 5.74) is 5.61. The molecular formula is C11H18N2OS. The Morgan fingerprint density at radius 3 is 2.80 bits per heavy atom. The minimum absolute atomic E-state index is 0.00565. The lowest BCUT2D eigenvalue weighted by Crippen LogP contribution is -2.26. The van der Waals surface area contributed by atoms with Gasteiger partial charge in [0.1, 0.15) is 5.78 Å². The molecule has 0 aromatic carbocycles. The van der Waals surface area contributed by atoms with Gasteiger partial charge in [-0.15, -0.1) is 11.3 Å². The van der Waals surface area contributed by atoms with E-state index >= 15 is 0 Å². The largest absolute Gasteiger partial charge is 0.330 e. The molecule has 84 valence electrons. The van der Waals surface area contributed by atoms with Crippen molar-refractivity contribution in [3.05, 3.63) is 16.6 Å². The van der Waals surface area contributed by atoms with E-state index in [1.54, 1.807) is 6.20 Å². The highest BCUT2D eigenvalue weighted by Gasteiger charge is 2.18. The quantitative estimate of drug-likeness (QED) is 0.805. The maximum absolute atomic E-state index is 11.9. The van der Waals surface area contributed by atoms with Gasteiger partial charge in [-0.25, -0.2) is 4.98 Å². The molecule has 1 unspecified atom stereocenters. The maximum Gasteiger partial charge on any atom is 0.144 e. The zero-order chi connectivity index (χ0) is 11.3. The van der Waals surface area contributed by atoms with Gasteiger partial charge in [0.05, 0.1) is 11.4 Å². The predicted molar refractivity (Wildman–Crippen MR) is 62.8 cm³/mol. The van der Waals surface area contributed by atoms with Crippen LogP contribution in [-0.2, 0) is 11.2 Å². The lowest BCUT2D eigenvalue weighted by atomic mass is 9.92. The van der Waals surface area contributed by atoms with Crippen molar-refractivity contribution < 1.29 is 4.79 Å². The summed E-state index contributed by atoms with van der Waals surface area (Å²) in [6.45, 7) is 4.67. The van der Waals surface area contributed by atoms with E-state index < -0.39 is 0 Å². The van der Waals surface area contributed by atoms with Crippen LogP contribution in [0.15, 0.2) is 11.6 Å². The lowest BCUT2D eigenvalue weighted by molar-refractivity contribution is -0.122. The smallest absolute Gasteiger partial charge is 0.144 e. The average molecular weight is 226 g/mol. The van der Waals surface area contributed by atoms with Gasteiger partial charge in [-0.05, 0) is 12.3 Å². The predicted octanol–water partition coefficient (Wildman–Crippen LogP) is 1.88. The third kappa shape index (κ3) is 4.10. The van der Waals surface area contributed by atoms with Gasteiger partial charge in [-0.3, -0.25) is 4.79 Å². The minimum atomic E-state index is -0.00565. The van der Waals surface area contributed by atoms with E-state index in [4.69, 9.17) is 5.73 Å². The standard InChI is InChI=1S/C11H18N2OS/c1-8(2)5-9(7-12)10(14)6-11-13-3-4-15-11/h3-4,8-9H,5-7,12H2,1-2H3. The van der Waals surface area contributed by atoms with Crippen molar-refractivity contribution in [2.45, 2.75) is 26.7 Å². The van der Waals surface area contributed by atoms with Crippen LogP contribution >= 0.6 is 11.3 Å². The number of aromatic nitrogens is 1. The highest BCUT2D eigenvalue weighted by molar-refractivity contribution is 7.09. The van der Waals surface area contributed by atoms with E-state index in [0.717, 1.165) is 11.4 Å². The van der Waals surface area contributed by atoms with Gasteiger partial charge in [-0.2, -0.15) is 0 Å². The van der Waals surface area contributed by atoms with Gasteiger partial charge in [0.2, 0.25) is 0 Å². The summed E-state index contributed by atoms with van der Waals surface area (Å²) in [6.07, 6.45) is 3.04. The van der Waals surface area contributed by atoms with Crippen LogP contribution in [0.2, 0.25) is 0 Å². The SMILES string of the molecule is CC(C)CC(CN)C(=O)Cc1nccs1. The third-order valence-corrected chi connectivity index (χ3v) is 3.08. The van der Waals surface area contributed by atoms with E-state index in [1.165, 1.54) is 11.3 Å². The Bertz CT molecular complexity index is 296. The second kappa shape index (κ2) is 5.98. The Morgan fingerprint density at radius 2 is 2.33 bits per heavy atom. The van der Waals surface area contributed by atoms with E-state index in [1.807, 2.05) is 5.38 Å². The summed E-state index contributed by atoms with van der Waals surface area (Å²) in [5.74, 6) is 0.730. The van der Waals surface area contributed by atoms with Crippen molar-refractivity contribution in [1.29, 1.82) is 0 Å². The first-order valence-corrected chi connectivity index (χ1v) is 6.12.